The molecule has 1 amide bonds. The van der Waals surface area contributed by atoms with Crippen molar-refractivity contribution in [1.82, 2.24) is 10.6 Å². The van der Waals surface area contributed by atoms with Crippen molar-refractivity contribution in [2.45, 2.75) is 19.4 Å². The summed E-state index contributed by atoms with van der Waals surface area (Å²) >= 11 is 0. The quantitative estimate of drug-likeness (QED) is 0.786. The van der Waals surface area contributed by atoms with Crippen molar-refractivity contribution >= 4 is 5.91 Å². The maximum absolute atomic E-state index is 11.6. The van der Waals surface area contributed by atoms with E-state index < -0.39 is 0 Å². The lowest BCUT2D eigenvalue weighted by molar-refractivity contribution is -0.121. The Bertz CT molecular complexity index is 366. The molecule has 0 bridgehead atoms. The second kappa shape index (κ2) is 6.91. The van der Waals surface area contributed by atoms with Crippen LogP contribution in [-0.2, 0) is 4.79 Å². The summed E-state index contributed by atoms with van der Waals surface area (Å²) in [5.74, 6) is 0.840. The minimum absolute atomic E-state index is 0.0396. The second-order valence-electron chi connectivity index (χ2n) is 3.88. The lowest BCUT2D eigenvalue weighted by atomic mass is 10.1. The maximum atomic E-state index is 11.6. The first-order chi connectivity index (χ1) is 8.19. The van der Waals surface area contributed by atoms with E-state index in [0.29, 0.717) is 13.0 Å². The molecule has 0 unspecified atom stereocenters. The smallest absolute Gasteiger partial charge is 0.221 e. The van der Waals surface area contributed by atoms with E-state index in [1.54, 1.807) is 7.11 Å². The minimum atomic E-state index is -0.0458. The van der Waals surface area contributed by atoms with Crippen molar-refractivity contribution in [3.63, 3.8) is 0 Å². The van der Waals surface area contributed by atoms with Gasteiger partial charge in [0.05, 0.1) is 13.2 Å². The van der Waals surface area contributed by atoms with Gasteiger partial charge in [-0.25, -0.2) is 0 Å². The Kier molecular flexibility index (Phi) is 5.49. The molecule has 94 valence electrons. The van der Waals surface area contributed by atoms with Gasteiger partial charge in [0.25, 0.3) is 0 Å². The molecule has 1 aromatic carbocycles. The highest BCUT2D eigenvalue weighted by atomic mass is 16.5. The molecule has 0 fully saturated rings. The van der Waals surface area contributed by atoms with Crippen LogP contribution in [-0.4, -0.2) is 26.6 Å². The fourth-order valence-corrected chi connectivity index (χ4v) is 1.65. The Morgan fingerprint density at radius 1 is 1.41 bits per heavy atom. The Morgan fingerprint density at radius 3 is 2.76 bits per heavy atom. The van der Waals surface area contributed by atoms with Gasteiger partial charge in [-0.2, -0.15) is 0 Å². The van der Waals surface area contributed by atoms with E-state index in [9.17, 15) is 4.79 Å². The van der Waals surface area contributed by atoms with E-state index in [1.807, 2.05) is 38.2 Å². The van der Waals surface area contributed by atoms with Crippen molar-refractivity contribution in [3.05, 3.63) is 29.8 Å². The molecule has 0 aromatic heterocycles. The molecule has 1 atom stereocenters. The Labute approximate surface area is 102 Å². The zero-order valence-corrected chi connectivity index (χ0v) is 10.6. The molecule has 2 N–H and O–H groups in total. The number of carbonyl (C=O) groups is 1. The number of hydrogen-bond donors (Lipinski definition) is 2. The van der Waals surface area contributed by atoms with Crippen LogP contribution in [0.4, 0.5) is 0 Å². The summed E-state index contributed by atoms with van der Waals surface area (Å²) in [6.45, 7) is 2.64. The average molecular weight is 236 g/mol. The fourth-order valence-electron chi connectivity index (χ4n) is 1.65. The number of carbonyl (C=O) groups excluding carboxylic acids is 1. The predicted octanol–water partition coefficient (Wildman–Crippen LogP) is 1.48. The van der Waals surface area contributed by atoms with Gasteiger partial charge >= 0.3 is 0 Å². The summed E-state index contributed by atoms with van der Waals surface area (Å²) in [6.07, 6.45) is 0.482. The third-order valence-electron chi connectivity index (χ3n) is 2.58. The third-order valence-corrected chi connectivity index (χ3v) is 2.58. The molecule has 4 nitrogen and oxygen atoms in total. The molecular formula is C13H20N2O2. The summed E-state index contributed by atoms with van der Waals surface area (Å²) in [5, 5.41) is 5.90. The number of benzene rings is 1. The van der Waals surface area contributed by atoms with Crippen LogP contribution in [0.2, 0.25) is 0 Å². The standard InChI is InChI=1S/C13H20N2O2/c1-10(15-13(16)8-9-14-2)11-6-4-5-7-12(11)17-3/h4-7,10,14H,8-9H2,1-3H3,(H,15,16)/t10-/m0/s1. The topological polar surface area (TPSA) is 50.4 Å². The van der Waals surface area contributed by atoms with E-state index in [0.717, 1.165) is 11.3 Å². The first-order valence-corrected chi connectivity index (χ1v) is 5.76. The van der Waals surface area contributed by atoms with Crippen LogP contribution in [0.1, 0.15) is 24.9 Å². The monoisotopic (exact) mass is 236 g/mol. The number of ether oxygens (including phenoxy) is 1. The first-order valence-electron chi connectivity index (χ1n) is 5.76. The molecule has 0 saturated heterocycles. The molecule has 4 heteroatoms. The highest BCUT2D eigenvalue weighted by Gasteiger charge is 2.12. The average Bonchev–Trinajstić information content (AvgIpc) is 2.36. The number of para-hydroxylation sites is 1. The van der Waals surface area contributed by atoms with Gasteiger partial charge in [-0.1, -0.05) is 18.2 Å². The summed E-state index contributed by atoms with van der Waals surface area (Å²) in [5.41, 5.74) is 0.993. The molecule has 1 rings (SSSR count). The summed E-state index contributed by atoms with van der Waals surface area (Å²) in [4.78, 5) is 11.6. The van der Waals surface area contributed by atoms with Crippen LogP contribution >= 0.6 is 0 Å². The highest BCUT2D eigenvalue weighted by Crippen LogP contribution is 2.24. The van der Waals surface area contributed by atoms with E-state index in [4.69, 9.17) is 4.74 Å². The van der Waals surface area contributed by atoms with Crippen LogP contribution in [0.15, 0.2) is 24.3 Å². The highest BCUT2D eigenvalue weighted by molar-refractivity contribution is 5.76. The largest absolute Gasteiger partial charge is 0.496 e. The van der Waals surface area contributed by atoms with Gasteiger partial charge in [0.2, 0.25) is 5.91 Å². The third kappa shape index (κ3) is 4.07. The number of rotatable bonds is 6. The second-order valence-corrected chi connectivity index (χ2v) is 3.88. The van der Waals surface area contributed by atoms with Crippen molar-refractivity contribution < 1.29 is 9.53 Å². The zero-order chi connectivity index (χ0) is 12.7. The molecule has 17 heavy (non-hydrogen) atoms. The van der Waals surface area contributed by atoms with Gasteiger partial charge in [-0.05, 0) is 20.0 Å². The lowest BCUT2D eigenvalue weighted by Gasteiger charge is -2.17. The van der Waals surface area contributed by atoms with Gasteiger partial charge in [-0.3, -0.25) is 4.79 Å². The number of nitrogens with one attached hydrogen (secondary N) is 2. The number of amides is 1. The molecule has 0 aliphatic carbocycles. The van der Waals surface area contributed by atoms with Gasteiger partial charge < -0.3 is 15.4 Å². The van der Waals surface area contributed by atoms with Crippen molar-refractivity contribution in [3.8, 4) is 5.75 Å². The first kappa shape index (κ1) is 13.5. The van der Waals surface area contributed by atoms with Crippen molar-refractivity contribution in [2.24, 2.45) is 0 Å². The summed E-state index contributed by atoms with van der Waals surface area (Å²) in [7, 11) is 3.46. The summed E-state index contributed by atoms with van der Waals surface area (Å²) in [6, 6.07) is 7.66. The Hall–Kier alpha value is -1.55. The minimum Gasteiger partial charge on any atom is -0.496 e. The van der Waals surface area contributed by atoms with E-state index >= 15 is 0 Å². The molecular weight excluding hydrogens is 216 g/mol. The Morgan fingerprint density at radius 2 is 2.12 bits per heavy atom. The van der Waals surface area contributed by atoms with Crippen LogP contribution in [0.3, 0.4) is 0 Å². The molecule has 0 aliphatic heterocycles. The Balaban J connectivity index is 2.62. The fraction of sp³-hybridized carbons (Fsp3) is 0.462. The van der Waals surface area contributed by atoms with Crippen molar-refractivity contribution in [1.29, 1.82) is 0 Å². The SMILES string of the molecule is CNCCC(=O)N[C@@H](C)c1ccccc1OC. The van der Waals surface area contributed by atoms with Crippen LogP contribution < -0.4 is 15.4 Å². The lowest BCUT2D eigenvalue weighted by Crippen LogP contribution is -2.29. The van der Waals surface area contributed by atoms with Crippen LogP contribution in [0, 0.1) is 0 Å². The molecule has 0 radical (unpaired) electrons. The normalized spacial score (nSPS) is 11.9. The van der Waals surface area contributed by atoms with Crippen LogP contribution in [0.25, 0.3) is 0 Å². The number of methoxy groups -OCH3 is 1. The zero-order valence-electron chi connectivity index (χ0n) is 10.6. The molecule has 0 saturated carbocycles. The molecule has 0 spiro atoms. The molecule has 0 heterocycles. The summed E-state index contributed by atoms with van der Waals surface area (Å²) < 4.78 is 5.27. The molecule has 1 aromatic rings. The molecule has 0 aliphatic rings. The van der Waals surface area contributed by atoms with Crippen LogP contribution in [0.5, 0.6) is 5.75 Å². The van der Waals surface area contributed by atoms with Crippen molar-refractivity contribution in [2.75, 3.05) is 20.7 Å². The van der Waals surface area contributed by atoms with E-state index in [1.165, 1.54) is 0 Å². The van der Waals surface area contributed by atoms with Gasteiger partial charge in [-0.15, -0.1) is 0 Å². The van der Waals surface area contributed by atoms with Gasteiger partial charge in [0.1, 0.15) is 5.75 Å². The van der Waals surface area contributed by atoms with Gasteiger partial charge in [0.15, 0.2) is 0 Å². The van der Waals surface area contributed by atoms with Gasteiger partial charge in [0, 0.05) is 18.5 Å². The maximum Gasteiger partial charge on any atom is 0.221 e. The number of hydrogen-bond acceptors (Lipinski definition) is 3. The predicted molar refractivity (Wildman–Crippen MR) is 68.1 cm³/mol. The van der Waals surface area contributed by atoms with E-state index in [2.05, 4.69) is 10.6 Å². The van der Waals surface area contributed by atoms with E-state index in [-0.39, 0.29) is 11.9 Å².